The number of hydrogen-bond donors (Lipinski definition) is 5. The van der Waals surface area contributed by atoms with E-state index in [1.54, 1.807) is 6.92 Å². The highest BCUT2D eigenvalue weighted by Gasteiger charge is 2.33. The summed E-state index contributed by atoms with van der Waals surface area (Å²) in [5.41, 5.74) is 10.0. The Kier molecular flexibility index (Phi) is 8.26. The second-order valence-corrected chi connectivity index (χ2v) is 4.38. The Morgan fingerprint density at radius 2 is 1.70 bits per heavy atom. The number of aliphatic hydroxyl groups excluding tert-OH is 3. The molecule has 5 atom stereocenters. The molecule has 4 unspecified atom stereocenters. The fourth-order valence-corrected chi connectivity index (χ4v) is 1.52. The number of rotatable bonds is 10. The lowest BCUT2D eigenvalue weighted by atomic mass is 10.1. The Morgan fingerprint density at radius 3 is 2.10 bits per heavy atom. The van der Waals surface area contributed by atoms with Crippen molar-refractivity contribution in [2.45, 2.75) is 51.0 Å². The molecule has 0 aromatic rings. The Morgan fingerprint density at radius 1 is 1.15 bits per heavy atom. The molecule has 0 aromatic heterocycles. The van der Waals surface area contributed by atoms with E-state index in [4.69, 9.17) is 26.0 Å². The van der Waals surface area contributed by atoms with E-state index in [1.807, 2.05) is 0 Å². The first-order valence-corrected chi connectivity index (χ1v) is 6.04. The maximum absolute atomic E-state index is 11.2. The van der Waals surface area contributed by atoms with Crippen LogP contribution in [0, 0.1) is 0 Å². The third kappa shape index (κ3) is 6.78. The van der Waals surface area contributed by atoms with Crippen molar-refractivity contribution >= 4 is 11.8 Å². The van der Waals surface area contributed by atoms with Crippen LogP contribution >= 0.6 is 0 Å². The first-order valence-electron chi connectivity index (χ1n) is 6.04. The van der Waals surface area contributed by atoms with Crippen molar-refractivity contribution < 1.29 is 34.4 Å². The number of amides is 2. The Hall–Kier alpha value is -1.26. The number of carbonyl (C=O) groups is 2. The van der Waals surface area contributed by atoms with Gasteiger partial charge in [-0.15, -0.1) is 0 Å². The summed E-state index contributed by atoms with van der Waals surface area (Å²) in [6.45, 7) is 2.23. The molecule has 0 aliphatic rings. The van der Waals surface area contributed by atoms with Gasteiger partial charge in [-0.1, -0.05) is 0 Å². The monoisotopic (exact) mass is 294 g/mol. The third-order valence-corrected chi connectivity index (χ3v) is 2.42. The Labute approximate surface area is 116 Å². The molecule has 118 valence electrons. The van der Waals surface area contributed by atoms with E-state index in [9.17, 15) is 19.8 Å². The molecule has 0 fully saturated rings. The molecule has 0 aliphatic carbocycles. The van der Waals surface area contributed by atoms with E-state index < -0.39 is 49.1 Å². The Bertz CT molecular complexity index is 326. The van der Waals surface area contributed by atoms with Crippen LogP contribution in [-0.2, 0) is 19.1 Å². The summed E-state index contributed by atoms with van der Waals surface area (Å²) in [6, 6.07) is 0. The first kappa shape index (κ1) is 18.7. The van der Waals surface area contributed by atoms with E-state index in [1.165, 1.54) is 6.92 Å². The normalized spacial score (nSPS) is 18.9. The zero-order chi connectivity index (χ0) is 15.9. The summed E-state index contributed by atoms with van der Waals surface area (Å²) >= 11 is 0. The molecule has 0 saturated carbocycles. The highest BCUT2D eigenvalue weighted by molar-refractivity contribution is 5.79. The van der Waals surface area contributed by atoms with Crippen LogP contribution in [0.25, 0.3) is 0 Å². The van der Waals surface area contributed by atoms with E-state index in [2.05, 4.69) is 0 Å². The number of hydrogen-bond acceptors (Lipinski definition) is 7. The number of primary amides is 2. The zero-order valence-corrected chi connectivity index (χ0v) is 11.4. The molecule has 20 heavy (non-hydrogen) atoms. The minimum Gasteiger partial charge on any atom is -0.394 e. The van der Waals surface area contributed by atoms with E-state index in [0.29, 0.717) is 0 Å². The van der Waals surface area contributed by atoms with Crippen molar-refractivity contribution in [3.05, 3.63) is 0 Å². The first-order chi connectivity index (χ1) is 9.18. The molecule has 2 amide bonds. The van der Waals surface area contributed by atoms with E-state index in [-0.39, 0.29) is 6.42 Å². The van der Waals surface area contributed by atoms with Gasteiger partial charge in [-0.2, -0.15) is 0 Å². The number of aliphatic hydroxyl groups is 3. The summed E-state index contributed by atoms with van der Waals surface area (Å²) in [5, 5.41) is 27.6. The standard InChI is InChI=1S/C11H22N2O7/c1-5(3-8(12)16)19-6(2)20-10(11(13)18)9(17)7(15)4-14/h5-7,9-10,14-15,17H,3-4H2,1-2H3,(H2,12,16)(H2,13,18)/t5?,6-,7?,9?,10?/m1/s1. The highest BCUT2D eigenvalue weighted by Crippen LogP contribution is 2.11. The molecule has 7 N–H and O–H groups in total. The largest absolute Gasteiger partial charge is 0.394 e. The van der Waals surface area contributed by atoms with Crippen molar-refractivity contribution in [1.29, 1.82) is 0 Å². The molecule has 0 spiro atoms. The lowest BCUT2D eigenvalue weighted by Crippen LogP contribution is -2.49. The van der Waals surface area contributed by atoms with Gasteiger partial charge in [0.15, 0.2) is 12.4 Å². The maximum atomic E-state index is 11.2. The van der Waals surface area contributed by atoms with Gasteiger partial charge in [0.05, 0.1) is 19.1 Å². The molecule has 9 heteroatoms. The van der Waals surface area contributed by atoms with Crippen LogP contribution in [0.3, 0.4) is 0 Å². The van der Waals surface area contributed by atoms with Crippen LogP contribution in [0.15, 0.2) is 0 Å². The van der Waals surface area contributed by atoms with Gasteiger partial charge in [0, 0.05) is 0 Å². The van der Waals surface area contributed by atoms with Crippen LogP contribution in [0.1, 0.15) is 20.3 Å². The van der Waals surface area contributed by atoms with Gasteiger partial charge in [-0.25, -0.2) is 0 Å². The quantitative estimate of drug-likeness (QED) is 0.271. The van der Waals surface area contributed by atoms with Gasteiger partial charge >= 0.3 is 0 Å². The van der Waals surface area contributed by atoms with Crippen LogP contribution in [0.5, 0.6) is 0 Å². The second-order valence-electron chi connectivity index (χ2n) is 4.38. The van der Waals surface area contributed by atoms with Gasteiger partial charge in [-0.3, -0.25) is 9.59 Å². The summed E-state index contributed by atoms with van der Waals surface area (Å²) in [6.07, 6.45) is -6.43. The number of ether oxygens (including phenoxy) is 2. The predicted octanol–water partition coefficient (Wildman–Crippen LogP) is -2.80. The molecule has 0 aliphatic heterocycles. The van der Waals surface area contributed by atoms with Crippen molar-refractivity contribution in [1.82, 2.24) is 0 Å². The van der Waals surface area contributed by atoms with Crippen molar-refractivity contribution in [2.75, 3.05) is 6.61 Å². The molecule has 0 heterocycles. The summed E-state index contributed by atoms with van der Waals surface area (Å²) in [7, 11) is 0. The van der Waals surface area contributed by atoms with Crippen molar-refractivity contribution in [3.8, 4) is 0 Å². The molecule has 0 rings (SSSR count). The lowest BCUT2D eigenvalue weighted by molar-refractivity contribution is -0.211. The van der Waals surface area contributed by atoms with Crippen LogP contribution in [0.4, 0.5) is 0 Å². The molecular weight excluding hydrogens is 272 g/mol. The smallest absolute Gasteiger partial charge is 0.249 e. The highest BCUT2D eigenvalue weighted by atomic mass is 16.7. The predicted molar refractivity (Wildman–Crippen MR) is 67.0 cm³/mol. The topological polar surface area (TPSA) is 165 Å². The van der Waals surface area contributed by atoms with Gasteiger partial charge in [0.1, 0.15) is 12.2 Å². The lowest BCUT2D eigenvalue weighted by Gasteiger charge is -2.27. The molecule has 0 aromatic carbocycles. The second kappa shape index (κ2) is 8.82. The molecule has 9 nitrogen and oxygen atoms in total. The van der Waals surface area contributed by atoms with Gasteiger partial charge in [0.25, 0.3) is 0 Å². The average molecular weight is 294 g/mol. The summed E-state index contributed by atoms with van der Waals surface area (Å²) in [5.74, 6) is -1.59. The van der Waals surface area contributed by atoms with Crippen molar-refractivity contribution in [3.63, 3.8) is 0 Å². The fourth-order valence-electron chi connectivity index (χ4n) is 1.52. The Balaban J connectivity index is 4.52. The van der Waals surface area contributed by atoms with Gasteiger partial charge in [0.2, 0.25) is 11.8 Å². The van der Waals surface area contributed by atoms with Crippen LogP contribution in [-0.4, -0.2) is 64.4 Å². The average Bonchev–Trinajstić information content (AvgIpc) is 2.32. The van der Waals surface area contributed by atoms with E-state index in [0.717, 1.165) is 0 Å². The summed E-state index contributed by atoms with van der Waals surface area (Å²) in [4.78, 5) is 21.9. The molecule has 0 radical (unpaired) electrons. The SMILES string of the molecule is CC(CC(N)=O)O[C@@H](C)OC(C(N)=O)C(O)C(O)CO. The van der Waals surface area contributed by atoms with Crippen LogP contribution in [0.2, 0.25) is 0 Å². The van der Waals surface area contributed by atoms with Crippen LogP contribution < -0.4 is 11.5 Å². The van der Waals surface area contributed by atoms with E-state index >= 15 is 0 Å². The number of carbonyl (C=O) groups excluding carboxylic acids is 2. The van der Waals surface area contributed by atoms with Gasteiger partial charge in [-0.05, 0) is 13.8 Å². The van der Waals surface area contributed by atoms with Crippen molar-refractivity contribution in [2.24, 2.45) is 11.5 Å². The third-order valence-electron chi connectivity index (χ3n) is 2.42. The minimum absolute atomic E-state index is 0.0449. The molecule has 0 saturated heterocycles. The fraction of sp³-hybridized carbons (Fsp3) is 0.818. The zero-order valence-electron chi connectivity index (χ0n) is 11.4. The summed E-state index contributed by atoms with van der Waals surface area (Å²) < 4.78 is 10.3. The minimum atomic E-state index is -1.70. The number of nitrogens with two attached hydrogens (primary N) is 2. The molecule has 0 bridgehead atoms. The maximum Gasteiger partial charge on any atom is 0.249 e. The molecular formula is C11H22N2O7. The van der Waals surface area contributed by atoms with Gasteiger partial charge < -0.3 is 36.3 Å².